The van der Waals surface area contributed by atoms with Crippen LogP contribution in [0.1, 0.15) is 11.7 Å². The van der Waals surface area contributed by atoms with Crippen molar-refractivity contribution in [1.82, 2.24) is 25.0 Å². The van der Waals surface area contributed by atoms with E-state index in [4.69, 9.17) is 21.6 Å². The monoisotopic (exact) mass is 482 g/mol. The fourth-order valence-electron chi connectivity index (χ4n) is 3.13. The van der Waals surface area contributed by atoms with E-state index in [9.17, 15) is 20.1 Å². The normalized spacial score (nSPS) is 26.0. The largest absolute Gasteiger partial charge is 0.394 e. The van der Waals surface area contributed by atoms with Crippen molar-refractivity contribution in [2.24, 2.45) is 0 Å². The highest BCUT2D eigenvalue weighted by Gasteiger charge is 2.46. The third-order valence-electron chi connectivity index (χ3n) is 4.63. The molecule has 0 radical (unpaired) electrons. The SMILES string of the molecule is N#Cc1ncc(S[C@H]2O[C@H](CO)[C@H](O)[C@H](n3cc(-c4csc(=O)[nH]4)nn3)[C@H]2O)cc1Cl. The van der Waals surface area contributed by atoms with Gasteiger partial charge in [0.15, 0.2) is 5.69 Å². The number of aliphatic hydroxyl groups excluding tert-OH is 3. The van der Waals surface area contributed by atoms with Gasteiger partial charge in [0, 0.05) is 16.5 Å². The van der Waals surface area contributed by atoms with E-state index in [1.165, 1.54) is 23.1 Å². The molecule has 3 aromatic rings. The number of H-pyrrole nitrogens is 1. The van der Waals surface area contributed by atoms with Crippen molar-refractivity contribution in [2.45, 2.75) is 34.7 Å². The van der Waals surface area contributed by atoms with Gasteiger partial charge in [-0.05, 0) is 6.07 Å². The molecule has 1 aliphatic heterocycles. The second kappa shape index (κ2) is 9.05. The molecule has 5 atom stereocenters. The van der Waals surface area contributed by atoms with Crippen LogP contribution in [-0.4, -0.2) is 70.6 Å². The second-order valence-electron chi connectivity index (χ2n) is 6.57. The zero-order valence-electron chi connectivity index (χ0n) is 15.5. The number of pyridine rings is 1. The smallest absolute Gasteiger partial charge is 0.304 e. The molecule has 31 heavy (non-hydrogen) atoms. The van der Waals surface area contributed by atoms with Gasteiger partial charge in [0.2, 0.25) is 0 Å². The van der Waals surface area contributed by atoms with E-state index in [2.05, 4.69) is 20.3 Å². The van der Waals surface area contributed by atoms with Crippen molar-refractivity contribution in [3.8, 4) is 17.5 Å². The minimum Gasteiger partial charge on any atom is -0.394 e. The van der Waals surface area contributed by atoms with Gasteiger partial charge >= 0.3 is 4.87 Å². The van der Waals surface area contributed by atoms with Gasteiger partial charge < -0.3 is 25.0 Å². The van der Waals surface area contributed by atoms with Crippen LogP contribution in [0.2, 0.25) is 5.02 Å². The number of aromatic amines is 1. The van der Waals surface area contributed by atoms with E-state index >= 15 is 0 Å². The number of nitriles is 1. The van der Waals surface area contributed by atoms with Crippen LogP contribution in [0.25, 0.3) is 11.4 Å². The van der Waals surface area contributed by atoms with Gasteiger partial charge in [0.25, 0.3) is 0 Å². The van der Waals surface area contributed by atoms with E-state index in [1.807, 2.05) is 6.07 Å². The topological polar surface area (TPSA) is 170 Å². The highest BCUT2D eigenvalue weighted by molar-refractivity contribution is 7.99. The van der Waals surface area contributed by atoms with Crippen LogP contribution in [0.4, 0.5) is 0 Å². The molecule has 3 aromatic heterocycles. The van der Waals surface area contributed by atoms with E-state index in [-0.39, 0.29) is 15.6 Å². The number of aromatic nitrogens is 5. The molecule has 0 aromatic carbocycles. The number of thioether (sulfide) groups is 1. The lowest BCUT2D eigenvalue weighted by molar-refractivity contribution is -0.178. The summed E-state index contributed by atoms with van der Waals surface area (Å²) in [5, 5.41) is 49.9. The van der Waals surface area contributed by atoms with E-state index in [0.717, 1.165) is 23.1 Å². The molecule has 162 valence electrons. The van der Waals surface area contributed by atoms with Crippen LogP contribution in [0.3, 0.4) is 0 Å². The predicted molar refractivity (Wildman–Crippen MR) is 111 cm³/mol. The third-order valence-corrected chi connectivity index (χ3v) is 6.71. The lowest BCUT2D eigenvalue weighted by Crippen LogP contribution is -2.55. The summed E-state index contributed by atoms with van der Waals surface area (Å²) in [5.41, 5.74) is -0.0264. The minimum atomic E-state index is -1.28. The standard InChI is InChI=1S/C17H15ClN6O5S2/c18-8-1-7(3-20-9(8)2-19)31-16-15(27)13(14(26)12(5-25)29-16)24-4-10(22-23-24)11-6-30-17(28)21-11/h1,3-4,6,12-16,25-27H,5H2,(H,21,28)/t12-,13+,14+,15-,16-/m1/s1. The molecule has 0 unspecified atom stereocenters. The lowest BCUT2D eigenvalue weighted by atomic mass is 9.97. The van der Waals surface area contributed by atoms with Gasteiger partial charge in [0.05, 0.1) is 23.5 Å². The van der Waals surface area contributed by atoms with Gasteiger partial charge in [-0.1, -0.05) is 39.9 Å². The van der Waals surface area contributed by atoms with Crippen LogP contribution in [0.15, 0.2) is 33.5 Å². The fourth-order valence-corrected chi connectivity index (χ4v) is 5.04. The molecule has 1 fully saturated rings. The Morgan fingerprint density at radius 2 is 2.23 bits per heavy atom. The van der Waals surface area contributed by atoms with Gasteiger partial charge in [-0.3, -0.25) is 4.79 Å². The number of ether oxygens (including phenoxy) is 1. The summed E-state index contributed by atoms with van der Waals surface area (Å²) in [6.45, 7) is -0.493. The number of hydrogen-bond acceptors (Lipinski definition) is 11. The second-order valence-corrected chi connectivity index (χ2v) is 9.00. The van der Waals surface area contributed by atoms with E-state index in [0.29, 0.717) is 16.3 Å². The number of nitrogens with one attached hydrogen (secondary N) is 1. The van der Waals surface area contributed by atoms with Crippen molar-refractivity contribution in [2.75, 3.05) is 6.61 Å². The average Bonchev–Trinajstić information content (AvgIpc) is 3.39. The maximum Gasteiger partial charge on any atom is 0.304 e. The molecule has 4 heterocycles. The Hall–Kier alpha value is -2.31. The highest BCUT2D eigenvalue weighted by Crippen LogP contribution is 2.38. The number of halogens is 1. The Labute approximate surface area is 187 Å². The summed E-state index contributed by atoms with van der Waals surface area (Å²) in [7, 11) is 0. The summed E-state index contributed by atoms with van der Waals surface area (Å²) in [6.07, 6.45) is -0.638. The number of rotatable bonds is 5. The van der Waals surface area contributed by atoms with Crippen molar-refractivity contribution in [3.63, 3.8) is 0 Å². The Bertz CT molecular complexity index is 1180. The number of thiazole rings is 1. The summed E-state index contributed by atoms with van der Waals surface area (Å²) >= 11 is 8.07. The van der Waals surface area contributed by atoms with Crippen LogP contribution >= 0.6 is 34.7 Å². The van der Waals surface area contributed by atoms with Gasteiger partial charge in [-0.15, -0.1) is 5.10 Å². The van der Waals surface area contributed by atoms with Crippen LogP contribution < -0.4 is 4.87 Å². The molecule has 0 saturated carbocycles. The fraction of sp³-hybridized carbons (Fsp3) is 0.353. The number of aliphatic hydroxyl groups is 3. The van der Waals surface area contributed by atoms with Crippen molar-refractivity contribution < 1.29 is 20.1 Å². The molecule has 0 spiro atoms. The van der Waals surface area contributed by atoms with Crippen molar-refractivity contribution >= 4 is 34.7 Å². The van der Waals surface area contributed by atoms with Gasteiger partial charge in [0.1, 0.15) is 41.6 Å². The first-order valence-electron chi connectivity index (χ1n) is 8.86. The Morgan fingerprint density at radius 1 is 1.42 bits per heavy atom. The minimum absolute atomic E-state index is 0.0688. The van der Waals surface area contributed by atoms with Crippen molar-refractivity contribution in [3.05, 3.63) is 44.2 Å². The first kappa shape index (κ1) is 21.9. The molecule has 1 aliphatic rings. The molecule has 4 N–H and O–H groups in total. The maximum atomic E-state index is 11.4. The third kappa shape index (κ3) is 4.37. The Balaban J connectivity index is 1.61. The molecule has 14 heteroatoms. The molecule has 0 amide bonds. The summed E-state index contributed by atoms with van der Waals surface area (Å²) in [6, 6.07) is 2.39. The number of nitrogens with zero attached hydrogens (tertiary/aromatic N) is 5. The Kier molecular flexibility index (Phi) is 6.39. The first-order chi connectivity index (χ1) is 14.9. The van der Waals surface area contributed by atoms with Gasteiger partial charge in [-0.2, -0.15) is 5.26 Å². The zero-order chi connectivity index (χ0) is 22.1. The van der Waals surface area contributed by atoms with Crippen LogP contribution in [0.5, 0.6) is 0 Å². The van der Waals surface area contributed by atoms with E-state index in [1.54, 1.807) is 5.38 Å². The Morgan fingerprint density at radius 3 is 2.87 bits per heavy atom. The zero-order valence-corrected chi connectivity index (χ0v) is 17.9. The van der Waals surface area contributed by atoms with Crippen molar-refractivity contribution in [1.29, 1.82) is 5.26 Å². The molecular weight excluding hydrogens is 468 g/mol. The van der Waals surface area contributed by atoms with Crippen LogP contribution in [-0.2, 0) is 4.74 Å². The quantitative estimate of drug-likeness (QED) is 0.398. The summed E-state index contributed by atoms with van der Waals surface area (Å²) in [4.78, 5) is 18.2. The molecular formula is C17H15ClN6O5S2. The molecule has 0 bridgehead atoms. The van der Waals surface area contributed by atoms with Crippen LogP contribution in [0, 0.1) is 11.3 Å². The molecule has 0 aliphatic carbocycles. The molecule has 4 rings (SSSR count). The summed E-state index contributed by atoms with van der Waals surface area (Å²) < 4.78 is 6.96. The average molecular weight is 483 g/mol. The summed E-state index contributed by atoms with van der Waals surface area (Å²) in [5.74, 6) is 0. The lowest BCUT2D eigenvalue weighted by Gasteiger charge is -2.41. The predicted octanol–water partition coefficient (Wildman–Crippen LogP) is 0.387. The molecule has 11 nitrogen and oxygen atoms in total. The van der Waals surface area contributed by atoms with Gasteiger partial charge in [-0.25, -0.2) is 9.67 Å². The van der Waals surface area contributed by atoms with E-state index < -0.39 is 36.4 Å². The highest BCUT2D eigenvalue weighted by atomic mass is 35.5. The molecule has 1 saturated heterocycles. The number of hydrogen-bond donors (Lipinski definition) is 4. The first-order valence-corrected chi connectivity index (χ1v) is 11.0. The maximum absolute atomic E-state index is 11.4.